The molecular formula is C16H15BrN2O3. The second kappa shape index (κ2) is 7.61. The van der Waals surface area contributed by atoms with Crippen molar-refractivity contribution < 1.29 is 14.3 Å². The van der Waals surface area contributed by atoms with E-state index >= 15 is 0 Å². The highest BCUT2D eigenvalue weighted by Gasteiger charge is 2.05. The van der Waals surface area contributed by atoms with Crippen molar-refractivity contribution in [2.45, 2.75) is 0 Å². The summed E-state index contributed by atoms with van der Waals surface area (Å²) in [6.07, 6.45) is 1.51. The lowest BCUT2D eigenvalue weighted by molar-refractivity contribution is 0.0955. The molecule has 1 N–H and O–H groups in total. The Morgan fingerprint density at radius 2 is 1.86 bits per heavy atom. The standard InChI is InChI=1S/C16H15BrN2O3/c1-21-14-7-8-15(22-2)12(9-14)10-18-19-16(20)11-3-5-13(17)6-4-11/h3-10H,1-2H3,(H,19,20). The van der Waals surface area contributed by atoms with Gasteiger partial charge in [0.2, 0.25) is 0 Å². The van der Waals surface area contributed by atoms with Crippen molar-refractivity contribution in [2.24, 2.45) is 5.10 Å². The summed E-state index contributed by atoms with van der Waals surface area (Å²) in [5.41, 5.74) is 3.71. The number of nitrogens with zero attached hydrogens (tertiary/aromatic N) is 1. The largest absolute Gasteiger partial charge is 0.497 e. The SMILES string of the molecule is COc1ccc(OC)c(C=NNC(=O)c2ccc(Br)cc2)c1. The van der Waals surface area contributed by atoms with Crippen LogP contribution in [0.1, 0.15) is 15.9 Å². The zero-order valence-corrected chi connectivity index (χ0v) is 13.8. The topological polar surface area (TPSA) is 59.9 Å². The Balaban J connectivity index is 2.08. The third-order valence-electron chi connectivity index (χ3n) is 2.91. The molecule has 22 heavy (non-hydrogen) atoms. The molecule has 0 radical (unpaired) electrons. The summed E-state index contributed by atoms with van der Waals surface area (Å²) >= 11 is 3.32. The fourth-order valence-corrected chi connectivity index (χ4v) is 2.03. The van der Waals surface area contributed by atoms with Crippen molar-refractivity contribution >= 4 is 28.1 Å². The Morgan fingerprint density at radius 1 is 1.14 bits per heavy atom. The van der Waals surface area contributed by atoms with Crippen LogP contribution in [0.15, 0.2) is 52.0 Å². The molecule has 0 saturated carbocycles. The Morgan fingerprint density at radius 3 is 2.50 bits per heavy atom. The number of carbonyl (C=O) groups is 1. The maximum atomic E-state index is 11.9. The van der Waals surface area contributed by atoms with Crippen molar-refractivity contribution in [1.29, 1.82) is 0 Å². The molecule has 2 aromatic rings. The average Bonchev–Trinajstić information content (AvgIpc) is 2.55. The molecule has 2 aromatic carbocycles. The van der Waals surface area contributed by atoms with E-state index in [2.05, 4.69) is 26.5 Å². The quantitative estimate of drug-likeness (QED) is 0.656. The number of halogens is 1. The number of carbonyl (C=O) groups excluding carboxylic acids is 1. The van der Waals surface area contributed by atoms with Crippen LogP contribution in [-0.2, 0) is 0 Å². The van der Waals surface area contributed by atoms with Crippen molar-refractivity contribution in [3.8, 4) is 11.5 Å². The van der Waals surface area contributed by atoms with E-state index in [1.54, 1.807) is 56.7 Å². The molecule has 0 fully saturated rings. The summed E-state index contributed by atoms with van der Waals surface area (Å²) < 4.78 is 11.3. The van der Waals surface area contributed by atoms with Crippen molar-refractivity contribution in [3.05, 3.63) is 58.1 Å². The molecule has 5 nitrogen and oxygen atoms in total. The molecule has 0 aliphatic carbocycles. The summed E-state index contributed by atoms with van der Waals surface area (Å²) in [5.74, 6) is 1.04. The summed E-state index contributed by atoms with van der Waals surface area (Å²) in [6, 6.07) is 12.3. The Labute approximate surface area is 137 Å². The number of hydrogen-bond donors (Lipinski definition) is 1. The summed E-state index contributed by atoms with van der Waals surface area (Å²) in [5, 5.41) is 3.95. The summed E-state index contributed by atoms with van der Waals surface area (Å²) in [6.45, 7) is 0. The second-order valence-corrected chi connectivity index (χ2v) is 5.23. The molecule has 114 valence electrons. The molecule has 0 aliphatic rings. The Hall–Kier alpha value is -2.34. The van der Waals surface area contributed by atoms with Gasteiger partial charge in [0.05, 0.1) is 20.4 Å². The molecule has 0 aliphatic heterocycles. The van der Waals surface area contributed by atoms with Gasteiger partial charge in [-0.1, -0.05) is 15.9 Å². The summed E-state index contributed by atoms with van der Waals surface area (Å²) in [4.78, 5) is 11.9. The van der Waals surface area contributed by atoms with Gasteiger partial charge in [0, 0.05) is 15.6 Å². The van der Waals surface area contributed by atoms with Crippen LogP contribution >= 0.6 is 15.9 Å². The van der Waals surface area contributed by atoms with Gasteiger partial charge in [-0.05, 0) is 42.5 Å². The van der Waals surface area contributed by atoms with E-state index in [4.69, 9.17) is 9.47 Å². The third-order valence-corrected chi connectivity index (χ3v) is 3.44. The first kappa shape index (κ1) is 16.0. The average molecular weight is 363 g/mol. The molecule has 0 saturated heterocycles. The highest BCUT2D eigenvalue weighted by Crippen LogP contribution is 2.22. The lowest BCUT2D eigenvalue weighted by atomic mass is 10.2. The van der Waals surface area contributed by atoms with E-state index in [0.717, 1.165) is 4.47 Å². The van der Waals surface area contributed by atoms with Crippen LogP contribution in [0, 0.1) is 0 Å². The minimum Gasteiger partial charge on any atom is -0.497 e. The second-order valence-electron chi connectivity index (χ2n) is 4.31. The maximum Gasteiger partial charge on any atom is 0.271 e. The monoisotopic (exact) mass is 362 g/mol. The lowest BCUT2D eigenvalue weighted by Crippen LogP contribution is -2.17. The number of hydrogen-bond acceptors (Lipinski definition) is 4. The number of nitrogens with one attached hydrogen (secondary N) is 1. The fraction of sp³-hybridized carbons (Fsp3) is 0.125. The molecule has 6 heteroatoms. The first-order valence-electron chi connectivity index (χ1n) is 6.45. The van der Waals surface area contributed by atoms with Gasteiger partial charge < -0.3 is 9.47 Å². The Kier molecular flexibility index (Phi) is 5.55. The van der Waals surface area contributed by atoms with Gasteiger partial charge in [-0.3, -0.25) is 4.79 Å². The van der Waals surface area contributed by atoms with Gasteiger partial charge in [0.25, 0.3) is 5.91 Å². The number of amides is 1. The van der Waals surface area contributed by atoms with Gasteiger partial charge in [0.15, 0.2) is 0 Å². The smallest absolute Gasteiger partial charge is 0.271 e. The molecular weight excluding hydrogens is 348 g/mol. The highest BCUT2D eigenvalue weighted by molar-refractivity contribution is 9.10. The van der Waals surface area contributed by atoms with Crippen molar-refractivity contribution in [1.82, 2.24) is 5.43 Å². The van der Waals surface area contributed by atoms with Gasteiger partial charge in [-0.2, -0.15) is 5.10 Å². The van der Waals surface area contributed by atoms with Gasteiger partial charge in [0.1, 0.15) is 11.5 Å². The molecule has 0 aromatic heterocycles. The number of ether oxygens (including phenoxy) is 2. The first-order chi connectivity index (χ1) is 10.6. The predicted octanol–water partition coefficient (Wildman–Crippen LogP) is 3.23. The number of rotatable bonds is 5. The number of hydrazone groups is 1. The molecule has 0 heterocycles. The Bertz CT molecular complexity index is 684. The van der Waals surface area contributed by atoms with Crippen LogP contribution in [0.4, 0.5) is 0 Å². The van der Waals surface area contributed by atoms with Crippen LogP contribution in [0.2, 0.25) is 0 Å². The van der Waals surface area contributed by atoms with E-state index in [1.807, 2.05) is 0 Å². The molecule has 1 amide bonds. The lowest BCUT2D eigenvalue weighted by Gasteiger charge is -2.06. The zero-order chi connectivity index (χ0) is 15.9. The van der Waals surface area contributed by atoms with E-state index in [0.29, 0.717) is 22.6 Å². The first-order valence-corrected chi connectivity index (χ1v) is 7.24. The fourth-order valence-electron chi connectivity index (χ4n) is 1.77. The van der Waals surface area contributed by atoms with Crippen LogP contribution in [0.25, 0.3) is 0 Å². The predicted molar refractivity (Wildman–Crippen MR) is 88.7 cm³/mol. The number of methoxy groups -OCH3 is 2. The van der Waals surface area contributed by atoms with Gasteiger partial charge in [-0.15, -0.1) is 0 Å². The molecule has 2 rings (SSSR count). The molecule has 0 atom stereocenters. The molecule has 0 unspecified atom stereocenters. The van der Waals surface area contributed by atoms with Crippen LogP contribution in [0.5, 0.6) is 11.5 Å². The molecule has 0 spiro atoms. The van der Waals surface area contributed by atoms with E-state index in [-0.39, 0.29) is 5.91 Å². The minimum atomic E-state index is -0.286. The number of benzene rings is 2. The van der Waals surface area contributed by atoms with Crippen molar-refractivity contribution in [2.75, 3.05) is 14.2 Å². The molecule has 0 bridgehead atoms. The van der Waals surface area contributed by atoms with Crippen LogP contribution in [-0.4, -0.2) is 26.3 Å². The minimum absolute atomic E-state index is 0.286. The van der Waals surface area contributed by atoms with Crippen LogP contribution < -0.4 is 14.9 Å². The van der Waals surface area contributed by atoms with E-state index < -0.39 is 0 Å². The summed E-state index contributed by atoms with van der Waals surface area (Å²) in [7, 11) is 3.15. The highest BCUT2D eigenvalue weighted by atomic mass is 79.9. The van der Waals surface area contributed by atoms with Gasteiger partial charge in [-0.25, -0.2) is 5.43 Å². The van der Waals surface area contributed by atoms with Crippen molar-refractivity contribution in [3.63, 3.8) is 0 Å². The van der Waals surface area contributed by atoms with E-state index in [1.165, 1.54) is 6.21 Å². The van der Waals surface area contributed by atoms with Gasteiger partial charge >= 0.3 is 0 Å². The van der Waals surface area contributed by atoms with Crippen LogP contribution in [0.3, 0.4) is 0 Å². The zero-order valence-electron chi connectivity index (χ0n) is 12.2. The maximum absolute atomic E-state index is 11.9. The van der Waals surface area contributed by atoms with E-state index in [9.17, 15) is 4.79 Å². The normalized spacial score (nSPS) is 10.5. The third kappa shape index (κ3) is 4.08.